The minimum atomic E-state index is -0.534. The molecule has 5 heteroatoms. The summed E-state index contributed by atoms with van der Waals surface area (Å²) in [5.74, 6) is -0.342. The number of anilines is 1. The Morgan fingerprint density at radius 3 is 2.58 bits per heavy atom. The first-order valence-electron chi connectivity index (χ1n) is 6.13. The molecule has 0 saturated carbocycles. The average molecular weight is 264 g/mol. The van der Waals surface area contributed by atoms with Gasteiger partial charge in [0.15, 0.2) is 0 Å². The van der Waals surface area contributed by atoms with Gasteiger partial charge in [-0.15, -0.1) is 0 Å². The lowest BCUT2D eigenvalue weighted by Crippen LogP contribution is -2.27. The minimum absolute atomic E-state index is 0.288. The Kier molecular flexibility index (Phi) is 4.92. The van der Waals surface area contributed by atoms with E-state index < -0.39 is 11.7 Å². The number of aryl methyl sites for hydroxylation is 1. The molecule has 0 saturated heterocycles. The van der Waals surface area contributed by atoms with Crippen LogP contribution in [-0.2, 0) is 16.0 Å². The first kappa shape index (κ1) is 15.0. The smallest absolute Gasteiger partial charge is 0.412 e. The fraction of sp³-hybridized carbons (Fsp3) is 0.429. The lowest BCUT2D eigenvalue weighted by Gasteiger charge is -2.19. The molecule has 104 valence electrons. The number of carbonyl (C=O) groups is 2. The highest BCUT2D eigenvalue weighted by molar-refractivity contribution is 5.85. The number of hydrogen-bond donors (Lipinski definition) is 2. The number of nitrogens with one attached hydrogen (secondary N) is 1. The van der Waals surface area contributed by atoms with Gasteiger partial charge < -0.3 is 10.5 Å². The molecule has 2 amide bonds. The molecular weight excluding hydrogens is 244 g/mol. The second kappa shape index (κ2) is 6.22. The van der Waals surface area contributed by atoms with Crippen molar-refractivity contribution in [3.8, 4) is 0 Å². The highest BCUT2D eigenvalue weighted by atomic mass is 16.6. The second-order valence-electron chi connectivity index (χ2n) is 5.29. The number of ether oxygens (including phenoxy) is 1. The molecule has 1 rings (SSSR count). The van der Waals surface area contributed by atoms with Gasteiger partial charge in [0.05, 0.1) is 0 Å². The molecule has 0 fully saturated rings. The van der Waals surface area contributed by atoms with Crippen LogP contribution in [0.25, 0.3) is 0 Å². The molecule has 19 heavy (non-hydrogen) atoms. The van der Waals surface area contributed by atoms with Crippen LogP contribution in [0.15, 0.2) is 24.3 Å². The summed E-state index contributed by atoms with van der Waals surface area (Å²) in [6.45, 7) is 5.40. The van der Waals surface area contributed by atoms with Crippen LogP contribution in [0.2, 0.25) is 0 Å². The number of hydrogen-bond acceptors (Lipinski definition) is 3. The summed E-state index contributed by atoms with van der Waals surface area (Å²) in [7, 11) is 0. The number of amides is 2. The Hall–Kier alpha value is -2.04. The fourth-order valence-electron chi connectivity index (χ4n) is 1.49. The average Bonchev–Trinajstić information content (AvgIpc) is 2.24. The molecule has 1 aromatic carbocycles. The number of nitrogens with two attached hydrogens (primary N) is 1. The van der Waals surface area contributed by atoms with Gasteiger partial charge in [0.1, 0.15) is 5.60 Å². The Bertz CT molecular complexity index is 464. The van der Waals surface area contributed by atoms with Crippen LogP contribution in [0.5, 0.6) is 0 Å². The highest BCUT2D eigenvalue weighted by Crippen LogP contribution is 2.14. The molecule has 0 spiro atoms. The van der Waals surface area contributed by atoms with Crippen molar-refractivity contribution in [2.24, 2.45) is 5.73 Å². The Balaban J connectivity index is 2.61. The summed E-state index contributed by atoms with van der Waals surface area (Å²) < 4.78 is 5.16. The number of rotatable bonds is 4. The van der Waals surface area contributed by atoms with Gasteiger partial charge in [0.2, 0.25) is 5.91 Å². The van der Waals surface area contributed by atoms with Crippen LogP contribution in [0.1, 0.15) is 32.8 Å². The van der Waals surface area contributed by atoms with Crippen molar-refractivity contribution in [1.29, 1.82) is 0 Å². The van der Waals surface area contributed by atoms with E-state index in [0.717, 1.165) is 5.56 Å². The zero-order valence-corrected chi connectivity index (χ0v) is 11.5. The predicted molar refractivity (Wildman–Crippen MR) is 73.8 cm³/mol. The summed E-state index contributed by atoms with van der Waals surface area (Å²) in [4.78, 5) is 22.3. The van der Waals surface area contributed by atoms with Crippen molar-refractivity contribution in [3.63, 3.8) is 0 Å². The lowest BCUT2D eigenvalue weighted by atomic mass is 10.1. The van der Waals surface area contributed by atoms with E-state index in [4.69, 9.17) is 10.5 Å². The normalized spacial score (nSPS) is 10.9. The van der Waals surface area contributed by atoms with Crippen LogP contribution < -0.4 is 11.1 Å². The van der Waals surface area contributed by atoms with E-state index in [0.29, 0.717) is 12.1 Å². The lowest BCUT2D eigenvalue weighted by molar-refractivity contribution is -0.117. The van der Waals surface area contributed by atoms with Gasteiger partial charge in [-0.05, 0) is 44.9 Å². The maximum atomic E-state index is 11.6. The number of benzene rings is 1. The number of primary amides is 1. The molecule has 0 bridgehead atoms. The van der Waals surface area contributed by atoms with Crippen LogP contribution >= 0.6 is 0 Å². The van der Waals surface area contributed by atoms with Crippen LogP contribution in [-0.4, -0.2) is 17.6 Å². The van der Waals surface area contributed by atoms with Crippen molar-refractivity contribution in [2.45, 2.75) is 39.2 Å². The molecule has 1 aromatic rings. The van der Waals surface area contributed by atoms with Crippen molar-refractivity contribution in [3.05, 3.63) is 29.8 Å². The molecule has 0 aliphatic rings. The third kappa shape index (κ3) is 6.45. The first-order chi connectivity index (χ1) is 8.76. The monoisotopic (exact) mass is 264 g/mol. The molecule has 3 N–H and O–H groups in total. The molecule has 0 aliphatic carbocycles. The Morgan fingerprint density at radius 2 is 2.00 bits per heavy atom. The van der Waals surface area contributed by atoms with Gasteiger partial charge in [-0.1, -0.05) is 12.1 Å². The quantitative estimate of drug-likeness (QED) is 0.876. The van der Waals surface area contributed by atoms with E-state index in [2.05, 4.69) is 5.32 Å². The third-order valence-corrected chi connectivity index (χ3v) is 2.23. The summed E-state index contributed by atoms with van der Waals surface area (Å²) >= 11 is 0. The zero-order valence-electron chi connectivity index (χ0n) is 11.5. The van der Waals surface area contributed by atoms with Crippen molar-refractivity contribution >= 4 is 17.7 Å². The van der Waals surface area contributed by atoms with Crippen LogP contribution in [0.4, 0.5) is 10.5 Å². The van der Waals surface area contributed by atoms with E-state index >= 15 is 0 Å². The Morgan fingerprint density at radius 1 is 1.32 bits per heavy atom. The van der Waals surface area contributed by atoms with E-state index in [1.165, 1.54) is 0 Å². The summed E-state index contributed by atoms with van der Waals surface area (Å²) in [6.07, 6.45) is 0.342. The molecule has 0 atom stereocenters. The molecule has 0 radical (unpaired) electrons. The Labute approximate surface area is 113 Å². The molecule has 0 heterocycles. The molecule has 5 nitrogen and oxygen atoms in total. The zero-order chi connectivity index (χ0) is 14.5. The fourth-order valence-corrected chi connectivity index (χ4v) is 1.49. The van der Waals surface area contributed by atoms with Gasteiger partial charge in [-0.3, -0.25) is 10.1 Å². The molecule has 0 unspecified atom stereocenters. The largest absolute Gasteiger partial charge is 0.444 e. The summed E-state index contributed by atoms with van der Waals surface area (Å²) in [6, 6.07) is 7.25. The maximum Gasteiger partial charge on any atom is 0.412 e. The standard InChI is InChI=1S/C14H20N2O3/c1-14(2,3)19-13(18)16-11-6-4-5-10(9-11)7-8-12(15)17/h4-6,9H,7-8H2,1-3H3,(H2,15,17)(H,16,18). The van der Waals surface area contributed by atoms with Crippen molar-refractivity contribution < 1.29 is 14.3 Å². The topological polar surface area (TPSA) is 81.4 Å². The van der Waals surface area contributed by atoms with Gasteiger partial charge in [-0.25, -0.2) is 4.79 Å². The predicted octanol–water partition coefficient (Wildman–Crippen LogP) is 2.45. The molecule has 0 aromatic heterocycles. The molecular formula is C14H20N2O3. The van der Waals surface area contributed by atoms with Gasteiger partial charge in [0.25, 0.3) is 0 Å². The number of carbonyl (C=O) groups excluding carboxylic acids is 2. The van der Waals surface area contributed by atoms with E-state index in [1.807, 2.05) is 12.1 Å². The maximum absolute atomic E-state index is 11.6. The third-order valence-electron chi connectivity index (χ3n) is 2.23. The highest BCUT2D eigenvalue weighted by Gasteiger charge is 2.16. The van der Waals surface area contributed by atoms with E-state index in [-0.39, 0.29) is 12.3 Å². The van der Waals surface area contributed by atoms with Gasteiger partial charge in [-0.2, -0.15) is 0 Å². The van der Waals surface area contributed by atoms with Crippen molar-refractivity contribution in [1.82, 2.24) is 0 Å². The van der Waals surface area contributed by atoms with Gasteiger partial charge in [0, 0.05) is 12.1 Å². The van der Waals surface area contributed by atoms with Crippen molar-refractivity contribution in [2.75, 3.05) is 5.32 Å². The minimum Gasteiger partial charge on any atom is -0.444 e. The van der Waals surface area contributed by atoms with Crippen LogP contribution in [0, 0.1) is 0 Å². The molecule has 0 aliphatic heterocycles. The van der Waals surface area contributed by atoms with Crippen LogP contribution in [0.3, 0.4) is 0 Å². The summed E-state index contributed by atoms with van der Waals surface area (Å²) in [5, 5.41) is 2.65. The van der Waals surface area contributed by atoms with E-state index in [9.17, 15) is 9.59 Å². The first-order valence-corrected chi connectivity index (χ1v) is 6.13. The summed E-state index contributed by atoms with van der Waals surface area (Å²) in [5.41, 5.74) is 6.14. The SMILES string of the molecule is CC(C)(C)OC(=O)Nc1cccc(CCC(N)=O)c1. The van der Waals surface area contributed by atoms with E-state index in [1.54, 1.807) is 32.9 Å². The second-order valence-corrected chi connectivity index (χ2v) is 5.29. The van der Waals surface area contributed by atoms with Gasteiger partial charge >= 0.3 is 6.09 Å².